The summed E-state index contributed by atoms with van der Waals surface area (Å²) in [6.07, 6.45) is 0. The van der Waals surface area contributed by atoms with Crippen molar-refractivity contribution in [3.8, 4) is 0 Å². The Morgan fingerprint density at radius 2 is 1.50 bits per heavy atom. The molecule has 3 N–H and O–H groups in total. The molecule has 16 heavy (non-hydrogen) atoms. The third-order valence-corrected chi connectivity index (χ3v) is 7.53. The molecule has 1 aliphatic rings. The second kappa shape index (κ2) is 4.86. The molecular formula is C13H26N2Si. The van der Waals surface area contributed by atoms with Gasteiger partial charge in [-0.25, -0.2) is 0 Å². The van der Waals surface area contributed by atoms with Crippen molar-refractivity contribution in [3.63, 3.8) is 0 Å². The summed E-state index contributed by atoms with van der Waals surface area (Å²) in [7, 11) is -1.45. The van der Waals surface area contributed by atoms with Crippen LogP contribution in [0, 0.1) is 0 Å². The van der Waals surface area contributed by atoms with Crippen molar-refractivity contribution in [2.45, 2.75) is 46.3 Å². The Labute approximate surface area is 101 Å². The van der Waals surface area contributed by atoms with Gasteiger partial charge in [0.1, 0.15) is 8.24 Å². The molecule has 0 fully saturated rings. The van der Waals surface area contributed by atoms with Gasteiger partial charge in [-0.05, 0) is 38.8 Å². The SMILES string of the molecule is CC1=C(C)C([Si](C)(C)NCCN)C(C)=C1C. The first-order chi connectivity index (χ1) is 7.33. The molecule has 0 spiro atoms. The summed E-state index contributed by atoms with van der Waals surface area (Å²) in [5, 5.41) is 0. The standard InChI is InChI=1S/C13H26N2Si/c1-9-10(2)12(4)13(11(9)3)16(5,6)15-8-7-14/h13,15H,7-8,14H2,1-6H3. The minimum absolute atomic E-state index is 0.652. The van der Waals surface area contributed by atoms with E-state index >= 15 is 0 Å². The topological polar surface area (TPSA) is 38.0 Å². The van der Waals surface area contributed by atoms with Gasteiger partial charge in [-0.15, -0.1) is 0 Å². The van der Waals surface area contributed by atoms with E-state index in [4.69, 9.17) is 5.73 Å². The molecule has 0 amide bonds. The monoisotopic (exact) mass is 238 g/mol. The van der Waals surface area contributed by atoms with Crippen LogP contribution < -0.4 is 10.7 Å². The molecule has 0 saturated carbocycles. The highest BCUT2D eigenvalue weighted by atomic mass is 28.3. The summed E-state index contributed by atoms with van der Waals surface area (Å²) in [5.41, 5.74) is 12.4. The highest BCUT2D eigenvalue weighted by Crippen LogP contribution is 2.45. The molecule has 0 heterocycles. The van der Waals surface area contributed by atoms with Crippen molar-refractivity contribution >= 4 is 8.24 Å². The maximum absolute atomic E-state index is 5.59. The van der Waals surface area contributed by atoms with E-state index in [1.807, 2.05) is 0 Å². The molecule has 92 valence electrons. The summed E-state index contributed by atoms with van der Waals surface area (Å²) >= 11 is 0. The largest absolute Gasteiger partial charge is 0.336 e. The quantitative estimate of drug-likeness (QED) is 0.739. The minimum atomic E-state index is -1.45. The van der Waals surface area contributed by atoms with Gasteiger partial charge in [0, 0.05) is 18.6 Å². The zero-order chi connectivity index (χ0) is 12.5. The lowest BCUT2D eigenvalue weighted by molar-refractivity contribution is 0.849. The Kier molecular flexibility index (Phi) is 4.15. The second-order valence-electron chi connectivity index (χ2n) is 5.49. The van der Waals surface area contributed by atoms with Crippen LogP contribution in [-0.2, 0) is 0 Å². The summed E-state index contributed by atoms with van der Waals surface area (Å²) in [5.74, 6) is 0. The van der Waals surface area contributed by atoms with Crippen molar-refractivity contribution in [3.05, 3.63) is 22.3 Å². The van der Waals surface area contributed by atoms with Gasteiger partial charge in [0.25, 0.3) is 0 Å². The number of nitrogens with one attached hydrogen (secondary N) is 1. The molecule has 0 aromatic heterocycles. The van der Waals surface area contributed by atoms with E-state index in [2.05, 4.69) is 45.8 Å². The Hall–Kier alpha value is -0.383. The lowest BCUT2D eigenvalue weighted by Gasteiger charge is -2.33. The predicted molar refractivity (Wildman–Crippen MR) is 75.0 cm³/mol. The van der Waals surface area contributed by atoms with Gasteiger partial charge in [0.05, 0.1) is 0 Å². The van der Waals surface area contributed by atoms with Gasteiger partial charge in [0.15, 0.2) is 0 Å². The molecule has 0 unspecified atom stereocenters. The van der Waals surface area contributed by atoms with Crippen LogP contribution in [0.2, 0.25) is 18.6 Å². The first-order valence-electron chi connectivity index (χ1n) is 6.13. The predicted octanol–water partition coefficient (Wildman–Crippen LogP) is 2.80. The summed E-state index contributed by atoms with van der Waals surface area (Å²) < 4.78 is 0. The molecule has 0 aliphatic heterocycles. The van der Waals surface area contributed by atoms with Crippen molar-refractivity contribution in [1.29, 1.82) is 0 Å². The number of allylic oxidation sites excluding steroid dienone is 4. The van der Waals surface area contributed by atoms with E-state index < -0.39 is 8.24 Å². The van der Waals surface area contributed by atoms with Crippen molar-refractivity contribution in [1.82, 2.24) is 4.98 Å². The first kappa shape index (κ1) is 13.7. The van der Waals surface area contributed by atoms with Crippen LogP contribution in [-0.4, -0.2) is 21.3 Å². The summed E-state index contributed by atoms with van der Waals surface area (Å²) in [6, 6.07) is 0. The lowest BCUT2D eigenvalue weighted by Crippen LogP contribution is -2.51. The second-order valence-corrected chi connectivity index (χ2v) is 9.86. The molecule has 1 rings (SSSR count). The fourth-order valence-electron chi connectivity index (χ4n) is 2.93. The van der Waals surface area contributed by atoms with Gasteiger partial charge < -0.3 is 10.7 Å². The highest BCUT2D eigenvalue weighted by Gasteiger charge is 2.38. The van der Waals surface area contributed by atoms with Gasteiger partial charge in [-0.3, -0.25) is 0 Å². The zero-order valence-electron chi connectivity index (χ0n) is 11.6. The minimum Gasteiger partial charge on any atom is -0.336 e. The average Bonchev–Trinajstić information content (AvgIpc) is 2.41. The Morgan fingerprint density at radius 1 is 1.06 bits per heavy atom. The normalized spacial score (nSPS) is 18.9. The van der Waals surface area contributed by atoms with Gasteiger partial charge >= 0.3 is 0 Å². The van der Waals surface area contributed by atoms with Gasteiger partial charge in [0.2, 0.25) is 0 Å². The Balaban J connectivity index is 2.97. The lowest BCUT2D eigenvalue weighted by atomic mass is 10.1. The smallest absolute Gasteiger partial charge is 0.130 e. The van der Waals surface area contributed by atoms with Crippen LogP contribution in [0.3, 0.4) is 0 Å². The van der Waals surface area contributed by atoms with E-state index in [0.717, 1.165) is 13.1 Å². The number of rotatable bonds is 4. The fraction of sp³-hybridized carbons (Fsp3) is 0.692. The van der Waals surface area contributed by atoms with E-state index in [-0.39, 0.29) is 0 Å². The molecule has 0 bridgehead atoms. The van der Waals surface area contributed by atoms with Crippen LogP contribution in [0.4, 0.5) is 0 Å². The molecule has 3 heteroatoms. The molecule has 2 nitrogen and oxygen atoms in total. The van der Waals surface area contributed by atoms with Crippen LogP contribution in [0.5, 0.6) is 0 Å². The third kappa shape index (κ3) is 2.31. The van der Waals surface area contributed by atoms with E-state index in [0.29, 0.717) is 5.54 Å². The van der Waals surface area contributed by atoms with Crippen molar-refractivity contribution in [2.75, 3.05) is 13.1 Å². The Bertz CT molecular complexity index is 316. The molecule has 0 aromatic rings. The highest BCUT2D eigenvalue weighted by molar-refractivity contribution is 6.77. The molecule has 0 aromatic carbocycles. The van der Waals surface area contributed by atoms with Crippen LogP contribution in [0.25, 0.3) is 0 Å². The van der Waals surface area contributed by atoms with E-state index in [1.54, 1.807) is 11.1 Å². The van der Waals surface area contributed by atoms with Gasteiger partial charge in [-0.2, -0.15) is 0 Å². The molecule has 1 aliphatic carbocycles. The Morgan fingerprint density at radius 3 is 1.88 bits per heavy atom. The molecular weight excluding hydrogens is 212 g/mol. The van der Waals surface area contributed by atoms with Crippen LogP contribution >= 0.6 is 0 Å². The van der Waals surface area contributed by atoms with Crippen LogP contribution in [0.1, 0.15) is 27.7 Å². The van der Waals surface area contributed by atoms with E-state index in [9.17, 15) is 0 Å². The first-order valence-corrected chi connectivity index (χ1v) is 9.21. The molecule has 0 atom stereocenters. The fourth-order valence-corrected chi connectivity index (χ4v) is 6.52. The van der Waals surface area contributed by atoms with Gasteiger partial charge in [-0.1, -0.05) is 24.2 Å². The average molecular weight is 238 g/mol. The maximum atomic E-state index is 5.59. The molecule has 0 radical (unpaired) electrons. The number of hydrogen-bond acceptors (Lipinski definition) is 2. The number of nitrogens with two attached hydrogens (primary N) is 1. The van der Waals surface area contributed by atoms with E-state index in [1.165, 1.54) is 11.1 Å². The summed E-state index contributed by atoms with van der Waals surface area (Å²) in [4.78, 5) is 3.70. The number of hydrogen-bond donors (Lipinski definition) is 2. The summed E-state index contributed by atoms with van der Waals surface area (Å²) in [6.45, 7) is 15.6. The maximum Gasteiger partial charge on any atom is 0.130 e. The van der Waals surface area contributed by atoms with Crippen LogP contribution in [0.15, 0.2) is 22.3 Å². The zero-order valence-corrected chi connectivity index (χ0v) is 12.6. The van der Waals surface area contributed by atoms with Crippen molar-refractivity contribution < 1.29 is 0 Å². The van der Waals surface area contributed by atoms with Crippen molar-refractivity contribution in [2.24, 2.45) is 5.73 Å². The molecule has 0 saturated heterocycles. The third-order valence-electron chi connectivity index (χ3n) is 4.06.